The summed E-state index contributed by atoms with van der Waals surface area (Å²) in [6, 6.07) is 25.5. The van der Waals surface area contributed by atoms with Crippen LogP contribution in [0.2, 0.25) is 0 Å². The molecule has 33 heavy (non-hydrogen) atoms. The first kappa shape index (κ1) is 22.1. The zero-order chi connectivity index (χ0) is 22.9. The fourth-order valence-corrected chi connectivity index (χ4v) is 3.23. The van der Waals surface area contributed by atoms with E-state index in [4.69, 9.17) is 13.9 Å². The van der Waals surface area contributed by atoms with Crippen molar-refractivity contribution >= 4 is 5.97 Å². The summed E-state index contributed by atoms with van der Waals surface area (Å²) in [5.74, 6) is 1.41. The number of hydrogen-bond acceptors (Lipinski definition) is 6. The number of esters is 1. The number of carbonyl (C=O) groups excluding carboxylic acids is 1. The van der Waals surface area contributed by atoms with Gasteiger partial charge in [-0.15, -0.1) is 0 Å². The third-order valence-corrected chi connectivity index (χ3v) is 5.03. The first-order valence-corrected chi connectivity index (χ1v) is 10.7. The quantitative estimate of drug-likeness (QED) is 0.297. The molecule has 0 bridgehead atoms. The fourth-order valence-electron chi connectivity index (χ4n) is 3.23. The molecule has 0 saturated carbocycles. The van der Waals surface area contributed by atoms with Gasteiger partial charge in [0.1, 0.15) is 19.5 Å². The van der Waals surface area contributed by atoms with Crippen LogP contribution in [0.3, 0.4) is 0 Å². The largest absolute Gasteiger partial charge is 0.485 e. The van der Waals surface area contributed by atoms with Gasteiger partial charge in [0.2, 0.25) is 5.89 Å². The Kier molecular flexibility index (Phi) is 7.38. The van der Waals surface area contributed by atoms with E-state index in [-0.39, 0.29) is 12.4 Å². The first-order chi connectivity index (χ1) is 16.2. The van der Waals surface area contributed by atoms with E-state index in [2.05, 4.69) is 9.72 Å². The van der Waals surface area contributed by atoms with Crippen molar-refractivity contribution in [3.63, 3.8) is 0 Å². The lowest BCUT2D eigenvalue weighted by molar-refractivity contribution is -0.140. The lowest BCUT2D eigenvalue weighted by Crippen LogP contribution is -2.02. The second-order valence-corrected chi connectivity index (χ2v) is 7.43. The van der Waals surface area contributed by atoms with E-state index in [1.54, 1.807) is 6.26 Å². The van der Waals surface area contributed by atoms with E-state index in [1.165, 1.54) is 7.11 Å². The van der Waals surface area contributed by atoms with Crippen molar-refractivity contribution in [3.05, 3.63) is 102 Å². The summed E-state index contributed by atoms with van der Waals surface area (Å²) in [6.45, 7) is 0.834. The van der Waals surface area contributed by atoms with Crippen molar-refractivity contribution < 1.29 is 23.4 Å². The predicted octanol–water partition coefficient (Wildman–Crippen LogP) is 5.61. The molecule has 0 aliphatic heterocycles. The topological polar surface area (TPSA) is 70.8 Å². The van der Waals surface area contributed by atoms with E-state index >= 15 is 0 Å². The number of aryl methyl sites for hydroxylation is 1. The molecule has 0 saturated heterocycles. The molecule has 0 spiro atoms. The van der Waals surface area contributed by atoms with Crippen LogP contribution in [0.25, 0.3) is 11.5 Å². The Morgan fingerprint density at radius 3 is 2.12 bits per heavy atom. The number of hydrogen-bond donors (Lipinski definition) is 0. The highest BCUT2D eigenvalue weighted by molar-refractivity contribution is 5.69. The first-order valence-electron chi connectivity index (χ1n) is 10.7. The van der Waals surface area contributed by atoms with E-state index in [0.717, 1.165) is 16.7 Å². The molecule has 0 atom stereocenters. The van der Waals surface area contributed by atoms with Crippen molar-refractivity contribution in [1.29, 1.82) is 0 Å². The number of nitrogens with zero attached hydrogens (tertiary/aromatic N) is 1. The molecular weight excluding hydrogens is 418 g/mol. The van der Waals surface area contributed by atoms with Gasteiger partial charge in [-0.05, 0) is 29.3 Å². The molecular formula is C27H25NO5. The Morgan fingerprint density at radius 2 is 1.48 bits per heavy atom. The number of methoxy groups -OCH3 is 1. The number of benzene rings is 3. The van der Waals surface area contributed by atoms with Crippen molar-refractivity contribution in [3.8, 4) is 23.0 Å². The summed E-state index contributed by atoms with van der Waals surface area (Å²) >= 11 is 0. The molecule has 1 heterocycles. The molecule has 4 aromatic rings. The highest BCUT2D eigenvalue weighted by Crippen LogP contribution is 2.34. The van der Waals surface area contributed by atoms with Crippen LogP contribution in [0.4, 0.5) is 0 Å². The van der Waals surface area contributed by atoms with Crippen molar-refractivity contribution in [2.45, 2.75) is 26.1 Å². The second-order valence-electron chi connectivity index (χ2n) is 7.43. The Morgan fingerprint density at radius 1 is 0.848 bits per heavy atom. The average Bonchev–Trinajstić information content (AvgIpc) is 3.35. The molecule has 0 fully saturated rings. The monoisotopic (exact) mass is 443 g/mol. The number of ether oxygens (including phenoxy) is 3. The third kappa shape index (κ3) is 6.23. The SMILES string of the molecule is COC(=O)CCc1coc(-c2ccc(OCc3ccccc3)c(OCc3ccccc3)c2)n1. The van der Waals surface area contributed by atoms with Gasteiger partial charge in [-0.25, -0.2) is 4.98 Å². The average molecular weight is 443 g/mol. The summed E-state index contributed by atoms with van der Waals surface area (Å²) in [7, 11) is 1.37. The van der Waals surface area contributed by atoms with Gasteiger partial charge in [0.25, 0.3) is 0 Å². The van der Waals surface area contributed by atoms with Crippen LogP contribution < -0.4 is 9.47 Å². The van der Waals surface area contributed by atoms with Crippen LogP contribution in [0, 0.1) is 0 Å². The van der Waals surface area contributed by atoms with Crippen molar-refractivity contribution in [1.82, 2.24) is 4.98 Å². The Labute approximate surface area is 192 Å². The van der Waals surface area contributed by atoms with Gasteiger partial charge in [0.15, 0.2) is 11.5 Å². The van der Waals surface area contributed by atoms with Crippen LogP contribution in [0.1, 0.15) is 23.2 Å². The molecule has 3 aromatic carbocycles. The number of oxazole rings is 1. The van der Waals surface area contributed by atoms with Crippen LogP contribution in [0.15, 0.2) is 89.5 Å². The van der Waals surface area contributed by atoms with E-state index in [9.17, 15) is 4.79 Å². The predicted molar refractivity (Wildman–Crippen MR) is 124 cm³/mol. The summed E-state index contributed by atoms with van der Waals surface area (Å²) < 4.78 is 22.5. The maximum absolute atomic E-state index is 11.4. The van der Waals surface area contributed by atoms with E-state index < -0.39 is 0 Å². The van der Waals surface area contributed by atoms with Gasteiger partial charge >= 0.3 is 5.97 Å². The van der Waals surface area contributed by atoms with Gasteiger partial charge in [0, 0.05) is 12.0 Å². The van der Waals surface area contributed by atoms with Gasteiger partial charge in [0.05, 0.1) is 19.2 Å². The minimum atomic E-state index is -0.281. The molecule has 0 amide bonds. The van der Waals surface area contributed by atoms with E-state index in [1.807, 2.05) is 78.9 Å². The minimum absolute atomic E-state index is 0.250. The molecule has 6 heteroatoms. The third-order valence-electron chi connectivity index (χ3n) is 5.03. The normalized spacial score (nSPS) is 10.6. The minimum Gasteiger partial charge on any atom is -0.485 e. The lowest BCUT2D eigenvalue weighted by Gasteiger charge is -2.14. The number of carbonyl (C=O) groups is 1. The number of rotatable bonds is 10. The van der Waals surface area contributed by atoms with Gasteiger partial charge < -0.3 is 18.6 Å². The highest BCUT2D eigenvalue weighted by Gasteiger charge is 2.14. The molecule has 4 rings (SSSR count). The molecule has 168 valence electrons. The molecule has 0 unspecified atom stereocenters. The molecule has 0 aliphatic rings. The maximum Gasteiger partial charge on any atom is 0.305 e. The second kappa shape index (κ2) is 11.0. The molecule has 0 aliphatic carbocycles. The summed E-state index contributed by atoms with van der Waals surface area (Å²) in [6.07, 6.45) is 2.26. The summed E-state index contributed by atoms with van der Waals surface area (Å²) in [5, 5.41) is 0. The summed E-state index contributed by atoms with van der Waals surface area (Å²) in [4.78, 5) is 15.9. The molecule has 0 N–H and O–H groups in total. The number of aromatic nitrogens is 1. The zero-order valence-electron chi connectivity index (χ0n) is 18.4. The highest BCUT2D eigenvalue weighted by atomic mass is 16.5. The standard InChI is InChI=1S/C27H25NO5/c1-30-26(29)15-13-23-19-33-27(28-23)22-12-14-24(31-17-20-8-4-2-5-9-20)25(16-22)32-18-21-10-6-3-7-11-21/h2-12,14,16,19H,13,15,17-18H2,1H3. The molecule has 0 radical (unpaired) electrons. The smallest absolute Gasteiger partial charge is 0.305 e. The zero-order valence-corrected chi connectivity index (χ0v) is 18.4. The van der Waals surface area contributed by atoms with Crippen molar-refractivity contribution in [2.75, 3.05) is 7.11 Å². The van der Waals surface area contributed by atoms with Crippen LogP contribution in [-0.4, -0.2) is 18.1 Å². The van der Waals surface area contributed by atoms with Crippen molar-refractivity contribution in [2.24, 2.45) is 0 Å². The Hall–Kier alpha value is -4.06. The molecule has 6 nitrogen and oxygen atoms in total. The Bertz CT molecular complexity index is 1170. The van der Waals surface area contributed by atoms with Crippen LogP contribution >= 0.6 is 0 Å². The van der Waals surface area contributed by atoms with Gasteiger partial charge in [-0.1, -0.05) is 60.7 Å². The van der Waals surface area contributed by atoms with E-state index in [0.29, 0.717) is 42.7 Å². The van der Waals surface area contributed by atoms with Crippen LogP contribution in [0.5, 0.6) is 11.5 Å². The van der Waals surface area contributed by atoms with Gasteiger partial charge in [-0.3, -0.25) is 4.79 Å². The van der Waals surface area contributed by atoms with Gasteiger partial charge in [-0.2, -0.15) is 0 Å². The fraction of sp³-hybridized carbons (Fsp3) is 0.185. The Balaban J connectivity index is 1.53. The lowest BCUT2D eigenvalue weighted by atomic mass is 10.2. The maximum atomic E-state index is 11.4. The summed E-state index contributed by atoms with van der Waals surface area (Å²) in [5.41, 5.74) is 3.57. The molecule has 1 aromatic heterocycles. The van der Waals surface area contributed by atoms with Crippen LogP contribution in [-0.2, 0) is 29.2 Å².